The predicted molar refractivity (Wildman–Crippen MR) is 92.7 cm³/mol. The average Bonchev–Trinajstić information content (AvgIpc) is 2.91. The molecule has 0 amide bonds. The average molecular weight is 367 g/mol. The van der Waals surface area contributed by atoms with Crippen molar-refractivity contribution in [1.29, 1.82) is 0 Å². The molecule has 1 aliphatic heterocycles. The number of aromatic nitrogens is 3. The number of hydrogen-bond acceptors (Lipinski definition) is 4. The van der Waals surface area contributed by atoms with E-state index in [9.17, 15) is 13.2 Å². The smallest absolute Gasteiger partial charge is 0.299 e. The van der Waals surface area contributed by atoms with Gasteiger partial charge in [-0.3, -0.25) is 9.80 Å². The molecule has 0 unspecified atom stereocenters. The highest BCUT2D eigenvalue weighted by Gasteiger charge is 2.30. The molecule has 1 saturated heterocycles. The Balaban J connectivity index is 1.47. The SMILES string of the molecule is Cc1nc(C)n(CCN2CCN(Cc3cccc(C(F)(F)F)c3)CC2)n1. The number of aryl methyl sites for hydroxylation is 2. The van der Waals surface area contributed by atoms with Gasteiger partial charge < -0.3 is 0 Å². The normalized spacial score (nSPS) is 17.0. The Morgan fingerprint density at radius 3 is 2.31 bits per heavy atom. The van der Waals surface area contributed by atoms with Crippen LogP contribution in [0.1, 0.15) is 22.8 Å². The molecule has 1 aliphatic rings. The standard InChI is InChI=1S/C18H24F3N5/c1-14-22-15(2)26(23-14)11-10-24-6-8-25(9-7-24)13-16-4-3-5-17(12-16)18(19,20)21/h3-5,12H,6-11,13H2,1-2H3. The Bertz CT molecular complexity index is 733. The van der Waals surface area contributed by atoms with Crippen LogP contribution in [0.3, 0.4) is 0 Å². The third-order valence-electron chi connectivity index (χ3n) is 4.72. The second-order valence-electron chi connectivity index (χ2n) is 6.75. The predicted octanol–water partition coefficient (Wildman–Crippen LogP) is 2.73. The van der Waals surface area contributed by atoms with E-state index in [0.29, 0.717) is 12.1 Å². The van der Waals surface area contributed by atoms with Gasteiger partial charge in [0, 0.05) is 39.3 Å². The molecule has 0 radical (unpaired) electrons. The van der Waals surface area contributed by atoms with Gasteiger partial charge in [0.15, 0.2) is 0 Å². The summed E-state index contributed by atoms with van der Waals surface area (Å²) in [6, 6.07) is 5.62. The van der Waals surface area contributed by atoms with Crippen molar-refractivity contribution in [3.63, 3.8) is 0 Å². The van der Waals surface area contributed by atoms with Crippen LogP contribution in [-0.2, 0) is 19.3 Å². The van der Waals surface area contributed by atoms with Crippen LogP contribution in [0.15, 0.2) is 24.3 Å². The summed E-state index contributed by atoms with van der Waals surface area (Å²) in [5.74, 6) is 1.71. The molecule has 8 heteroatoms. The zero-order chi connectivity index (χ0) is 18.7. The van der Waals surface area contributed by atoms with Crippen molar-refractivity contribution in [3.05, 3.63) is 47.0 Å². The lowest BCUT2D eigenvalue weighted by Gasteiger charge is -2.34. The first-order chi connectivity index (χ1) is 12.3. The minimum absolute atomic E-state index is 0.555. The molecule has 1 aromatic heterocycles. The van der Waals surface area contributed by atoms with Gasteiger partial charge in [0.25, 0.3) is 0 Å². The first-order valence-electron chi connectivity index (χ1n) is 8.80. The summed E-state index contributed by atoms with van der Waals surface area (Å²) in [7, 11) is 0. The summed E-state index contributed by atoms with van der Waals surface area (Å²) in [5.41, 5.74) is 0.133. The van der Waals surface area contributed by atoms with Crippen LogP contribution in [0.25, 0.3) is 0 Å². The van der Waals surface area contributed by atoms with Crippen LogP contribution in [-0.4, -0.2) is 57.3 Å². The van der Waals surface area contributed by atoms with Crippen LogP contribution in [0.5, 0.6) is 0 Å². The van der Waals surface area contributed by atoms with Crippen molar-refractivity contribution in [2.45, 2.75) is 33.1 Å². The van der Waals surface area contributed by atoms with E-state index in [1.165, 1.54) is 12.1 Å². The maximum atomic E-state index is 12.8. The van der Waals surface area contributed by atoms with E-state index < -0.39 is 11.7 Å². The molecular formula is C18H24F3N5. The maximum Gasteiger partial charge on any atom is 0.416 e. The Labute approximate surface area is 151 Å². The fraction of sp³-hybridized carbons (Fsp3) is 0.556. The van der Waals surface area contributed by atoms with Crippen molar-refractivity contribution >= 4 is 0 Å². The van der Waals surface area contributed by atoms with E-state index in [1.807, 2.05) is 18.5 Å². The van der Waals surface area contributed by atoms with E-state index >= 15 is 0 Å². The zero-order valence-electron chi connectivity index (χ0n) is 15.1. The van der Waals surface area contributed by atoms with Crippen LogP contribution >= 0.6 is 0 Å². The number of rotatable bonds is 5. The summed E-state index contributed by atoms with van der Waals surface area (Å²) in [5, 5.41) is 4.37. The third kappa shape index (κ3) is 4.82. The molecule has 2 aromatic rings. The van der Waals surface area contributed by atoms with Crippen molar-refractivity contribution in [3.8, 4) is 0 Å². The van der Waals surface area contributed by atoms with E-state index in [1.54, 1.807) is 6.07 Å². The topological polar surface area (TPSA) is 37.2 Å². The fourth-order valence-corrected chi connectivity index (χ4v) is 3.28. The van der Waals surface area contributed by atoms with Gasteiger partial charge in [0.05, 0.1) is 12.1 Å². The van der Waals surface area contributed by atoms with Crippen LogP contribution in [0.2, 0.25) is 0 Å². The Morgan fingerprint density at radius 2 is 1.69 bits per heavy atom. The minimum Gasteiger partial charge on any atom is -0.299 e. The molecule has 2 heterocycles. The Hall–Kier alpha value is -1.93. The Morgan fingerprint density at radius 1 is 1.00 bits per heavy atom. The number of halogens is 3. The molecule has 142 valence electrons. The second kappa shape index (κ2) is 7.75. The lowest BCUT2D eigenvalue weighted by atomic mass is 10.1. The van der Waals surface area contributed by atoms with Crippen LogP contribution < -0.4 is 0 Å². The molecule has 0 spiro atoms. The lowest BCUT2D eigenvalue weighted by molar-refractivity contribution is -0.137. The van der Waals surface area contributed by atoms with Crippen LogP contribution in [0.4, 0.5) is 13.2 Å². The number of hydrogen-bond donors (Lipinski definition) is 0. The first kappa shape index (κ1) is 18.8. The number of alkyl halides is 3. The highest BCUT2D eigenvalue weighted by Crippen LogP contribution is 2.29. The highest BCUT2D eigenvalue weighted by atomic mass is 19.4. The molecule has 26 heavy (non-hydrogen) atoms. The molecular weight excluding hydrogens is 343 g/mol. The minimum atomic E-state index is -4.29. The maximum absolute atomic E-state index is 12.8. The van der Waals surface area contributed by atoms with Crippen molar-refractivity contribution in [1.82, 2.24) is 24.6 Å². The molecule has 1 aromatic carbocycles. The molecule has 1 fully saturated rings. The monoisotopic (exact) mass is 367 g/mol. The van der Waals surface area contributed by atoms with Gasteiger partial charge in [-0.2, -0.15) is 18.3 Å². The molecule has 0 N–H and O–H groups in total. The van der Waals surface area contributed by atoms with Crippen molar-refractivity contribution in [2.24, 2.45) is 0 Å². The van der Waals surface area contributed by atoms with Gasteiger partial charge in [-0.15, -0.1) is 0 Å². The Kier molecular flexibility index (Phi) is 5.62. The van der Waals surface area contributed by atoms with E-state index in [0.717, 1.165) is 57.0 Å². The van der Waals surface area contributed by atoms with Gasteiger partial charge in [0.2, 0.25) is 0 Å². The number of benzene rings is 1. The van der Waals surface area contributed by atoms with Gasteiger partial charge in [-0.25, -0.2) is 9.67 Å². The van der Waals surface area contributed by atoms with E-state index in [-0.39, 0.29) is 0 Å². The van der Waals surface area contributed by atoms with E-state index in [2.05, 4.69) is 19.9 Å². The van der Waals surface area contributed by atoms with Crippen molar-refractivity contribution in [2.75, 3.05) is 32.7 Å². The van der Waals surface area contributed by atoms with Crippen LogP contribution in [0, 0.1) is 13.8 Å². The second-order valence-corrected chi connectivity index (χ2v) is 6.75. The third-order valence-corrected chi connectivity index (χ3v) is 4.72. The molecule has 0 bridgehead atoms. The summed E-state index contributed by atoms with van der Waals surface area (Å²) in [6.07, 6.45) is -4.29. The zero-order valence-corrected chi connectivity index (χ0v) is 15.1. The lowest BCUT2D eigenvalue weighted by Crippen LogP contribution is -2.46. The first-order valence-corrected chi connectivity index (χ1v) is 8.80. The summed E-state index contributed by atoms with van der Waals surface area (Å²) in [4.78, 5) is 8.87. The van der Waals surface area contributed by atoms with Gasteiger partial charge in [0.1, 0.15) is 11.6 Å². The molecule has 0 atom stereocenters. The molecule has 0 saturated carbocycles. The van der Waals surface area contributed by atoms with E-state index in [4.69, 9.17) is 0 Å². The summed E-state index contributed by atoms with van der Waals surface area (Å²) in [6.45, 7) is 9.62. The largest absolute Gasteiger partial charge is 0.416 e. The highest BCUT2D eigenvalue weighted by molar-refractivity contribution is 5.25. The van der Waals surface area contributed by atoms with Gasteiger partial charge in [-0.05, 0) is 25.5 Å². The molecule has 5 nitrogen and oxygen atoms in total. The fourth-order valence-electron chi connectivity index (χ4n) is 3.28. The summed E-state index contributed by atoms with van der Waals surface area (Å²) >= 11 is 0. The molecule has 0 aliphatic carbocycles. The van der Waals surface area contributed by atoms with Gasteiger partial charge in [-0.1, -0.05) is 18.2 Å². The summed E-state index contributed by atoms with van der Waals surface area (Å²) < 4.78 is 40.4. The van der Waals surface area contributed by atoms with Gasteiger partial charge >= 0.3 is 6.18 Å². The number of nitrogens with zero attached hydrogens (tertiary/aromatic N) is 5. The van der Waals surface area contributed by atoms with Crippen molar-refractivity contribution < 1.29 is 13.2 Å². The number of piperazine rings is 1. The quantitative estimate of drug-likeness (QED) is 0.814. The molecule has 3 rings (SSSR count).